The largest absolute Gasteiger partial charge is 0.330 e. The van der Waals surface area contributed by atoms with Crippen molar-refractivity contribution in [2.45, 2.75) is 25.3 Å². The number of thiophene rings is 1. The highest BCUT2D eigenvalue weighted by molar-refractivity contribution is 7.16. The summed E-state index contributed by atoms with van der Waals surface area (Å²) in [6, 6.07) is 2.79. The number of carbonyl (C=O) groups is 2. The monoisotopic (exact) mass is 294 g/mol. The Hall–Kier alpha value is -0.780. The van der Waals surface area contributed by atoms with E-state index < -0.39 is 17.3 Å². The lowest BCUT2D eigenvalue weighted by atomic mass is 10.3. The van der Waals surface area contributed by atoms with Crippen LogP contribution in [0.25, 0.3) is 0 Å². The fourth-order valence-corrected chi connectivity index (χ4v) is 2.19. The fraction of sp³-hybridized carbons (Fsp3) is 0.400. The molecular formula is C10H12Cl2N2O2S. The van der Waals surface area contributed by atoms with E-state index in [0.29, 0.717) is 4.34 Å². The molecule has 0 aromatic carbocycles. The Labute approximate surface area is 113 Å². The van der Waals surface area contributed by atoms with Crippen LogP contribution in [-0.4, -0.2) is 17.3 Å². The van der Waals surface area contributed by atoms with E-state index in [2.05, 4.69) is 10.6 Å². The van der Waals surface area contributed by atoms with E-state index in [4.69, 9.17) is 23.2 Å². The number of carbonyl (C=O) groups excluding carboxylic acids is 2. The van der Waals surface area contributed by atoms with E-state index in [1.807, 2.05) is 6.07 Å². The van der Waals surface area contributed by atoms with Crippen LogP contribution in [0.1, 0.15) is 24.8 Å². The third kappa shape index (κ3) is 4.53. The molecule has 0 aliphatic carbocycles. The first-order valence-corrected chi connectivity index (χ1v) is 6.54. The molecule has 0 radical (unpaired) electrons. The van der Waals surface area contributed by atoms with E-state index in [1.54, 1.807) is 13.0 Å². The fourth-order valence-electron chi connectivity index (χ4n) is 1.08. The van der Waals surface area contributed by atoms with Crippen molar-refractivity contribution in [3.8, 4) is 0 Å². The van der Waals surface area contributed by atoms with Crippen molar-refractivity contribution in [3.05, 3.63) is 21.3 Å². The van der Waals surface area contributed by atoms with Gasteiger partial charge in [-0.2, -0.15) is 0 Å². The molecule has 4 nitrogen and oxygen atoms in total. The average Bonchev–Trinajstić information content (AvgIpc) is 2.64. The molecule has 2 N–H and O–H groups in total. The Morgan fingerprint density at radius 2 is 2.00 bits per heavy atom. The smallest absolute Gasteiger partial charge is 0.321 e. The Morgan fingerprint density at radius 1 is 1.35 bits per heavy atom. The van der Waals surface area contributed by atoms with Crippen molar-refractivity contribution in [2.75, 3.05) is 0 Å². The Bertz CT molecular complexity index is 420. The maximum absolute atomic E-state index is 11.4. The van der Waals surface area contributed by atoms with Gasteiger partial charge in [0.15, 0.2) is 0 Å². The number of amides is 3. The molecule has 0 bridgehead atoms. The van der Waals surface area contributed by atoms with Gasteiger partial charge in [0, 0.05) is 4.88 Å². The summed E-state index contributed by atoms with van der Waals surface area (Å²) in [5.74, 6) is -0.527. The van der Waals surface area contributed by atoms with Gasteiger partial charge in [0.1, 0.15) is 5.38 Å². The van der Waals surface area contributed by atoms with Crippen molar-refractivity contribution in [3.63, 3.8) is 0 Å². The first-order valence-electron chi connectivity index (χ1n) is 4.91. The summed E-state index contributed by atoms with van der Waals surface area (Å²) >= 11 is 12.7. The SMILES string of the molecule is CC(Cl)C(=O)NC(=O)NC(C)c1ccc(Cl)s1. The van der Waals surface area contributed by atoms with E-state index in [-0.39, 0.29) is 6.04 Å². The van der Waals surface area contributed by atoms with Crippen molar-refractivity contribution in [1.29, 1.82) is 0 Å². The number of nitrogens with one attached hydrogen (secondary N) is 2. The van der Waals surface area contributed by atoms with Gasteiger partial charge in [0.05, 0.1) is 10.4 Å². The van der Waals surface area contributed by atoms with Crippen LogP contribution in [0.5, 0.6) is 0 Å². The summed E-state index contributed by atoms with van der Waals surface area (Å²) in [5.41, 5.74) is 0. The summed E-state index contributed by atoms with van der Waals surface area (Å²) in [5, 5.41) is 4.01. The Kier molecular flexibility index (Phi) is 5.24. The van der Waals surface area contributed by atoms with Crippen LogP contribution in [0, 0.1) is 0 Å². The molecule has 3 amide bonds. The maximum Gasteiger partial charge on any atom is 0.321 e. The second kappa shape index (κ2) is 6.23. The van der Waals surface area contributed by atoms with Crippen molar-refractivity contribution in [2.24, 2.45) is 0 Å². The number of urea groups is 1. The third-order valence-corrected chi connectivity index (χ3v) is 3.58. The quantitative estimate of drug-likeness (QED) is 0.842. The predicted octanol–water partition coefficient (Wildman–Crippen LogP) is 2.92. The van der Waals surface area contributed by atoms with Crippen molar-refractivity contribution < 1.29 is 9.59 Å². The molecule has 0 spiro atoms. The summed E-state index contributed by atoms with van der Waals surface area (Å²) in [7, 11) is 0. The zero-order valence-electron chi connectivity index (χ0n) is 9.29. The van der Waals surface area contributed by atoms with Crippen LogP contribution in [0.4, 0.5) is 4.79 Å². The molecule has 0 aliphatic rings. The van der Waals surface area contributed by atoms with E-state index in [0.717, 1.165) is 4.88 Å². The number of hydrogen-bond donors (Lipinski definition) is 2. The second-order valence-corrected chi connectivity index (χ2v) is 5.84. The Morgan fingerprint density at radius 3 is 2.47 bits per heavy atom. The minimum atomic E-state index is -0.743. The van der Waals surface area contributed by atoms with Crippen LogP contribution in [-0.2, 0) is 4.79 Å². The summed E-state index contributed by atoms with van der Waals surface area (Å²) in [6.07, 6.45) is 0. The van der Waals surface area contributed by atoms with E-state index >= 15 is 0 Å². The molecule has 1 aromatic heterocycles. The lowest BCUT2D eigenvalue weighted by Gasteiger charge is -2.12. The standard InChI is InChI=1S/C10H12Cl2N2O2S/c1-5(11)9(15)14-10(16)13-6(2)7-3-4-8(12)17-7/h3-6H,1-2H3,(H2,13,14,15,16). The lowest BCUT2D eigenvalue weighted by Crippen LogP contribution is -2.42. The Balaban J connectivity index is 2.49. The molecule has 0 saturated heterocycles. The summed E-state index contributed by atoms with van der Waals surface area (Å²) in [6.45, 7) is 3.29. The van der Waals surface area contributed by atoms with Gasteiger partial charge in [-0.05, 0) is 26.0 Å². The molecule has 17 heavy (non-hydrogen) atoms. The van der Waals surface area contributed by atoms with Crippen LogP contribution < -0.4 is 10.6 Å². The van der Waals surface area contributed by atoms with Gasteiger partial charge < -0.3 is 5.32 Å². The van der Waals surface area contributed by atoms with Crippen molar-refractivity contribution >= 4 is 46.5 Å². The van der Waals surface area contributed by atoms with Crippen LogP contribution in [0.15, 0.2) is 12.1 Å². The van der Waals surface area contributed by atoms with Crippen LogP contribution in [0.2, 0.25) is 4.34 Å². The zero-order valence-corrected chi connectivity index (χ0v) is 11.6. The molecule has 94 valence electrons. The van der Waals surface area contributed by atoms with Gasteiger partial charge in [0.2, 0.25) is 5.91 Å². The minimum absolute atomic E-state index is 0.217. The molecule has 7 heteroatoms. The van der Waals surface area contributed by atoms with Crippen LogP contribution >= 0.6 is 34.5 Å². The van der Waals surface area contributed by atoms with Gasteiger partial charge >= 0.3 is 6.03 Å². The lowest BCUT2D eigenvalue weighted by molar-refractivity contribution is -0.119. The van der Waals surface area contributed by atoms with Gasteiger partial charge in [-0.15, -0.1) is 22.9 Å². The molecular weight excluding hydrogens is 283 g/mol. The van der Waals surface area contributed by atoms with E-state index in [9.17, 15) is 9.59 Å². The highest BCUT2D eigenvalue weighted by atomic mass is 35.5. The number of halogens is 2. The number of rotatable bonds is 3. The summed E-state index contributed by atoms with van der Waals surface area (Å²) in [4.78, 5) is 23.5. The van der Waals surface area contributed by atoms with Gasteiger partial charge in [-0.1, -0.05) is 11.6 Å². The molecule has 2 unspecified atom stereocenters. The topological polar surface area (TPSA) is 58.2 Å². The van der Waals surface area contributed by atoms with Gasteiger partial charge in [-0.3, -0.25) is 10.1 Å². The van der Waals surface area contributed by atoms with Crippen molar-refractivity contribution in [1.82, 2.24) is 10.6 Å². The summed E-state index contributed by atoms with van der Waals surface area (Å²) < 4.78 is 0.652. The van der Waals surface area contributed by atoms with Gasteiger partial charge in [0.25, 0.3) is 0 Å². The highest BCUT2D eigenvalue weighted by Gasteiger charge is 2.16. The van der Waals surface area contributed by atoms with E-state index in [1.165, 1.54) is 18.3 Å². The van der Waals surface area contributed by atoms with Crippen LogP contribution in [0.3, 0.4) is 0 Å². The average molecular weight is 295 g/mol. The molecule has 0 aliphatic heterocycles. The molecule has 1 rings (SSSR count). The first-order chi connectivity index (χ1) is 7.90. The maximum atomic E-state index is 11.4. The van der Waals surface area contributed by atoms with Gasteiger partial charge in [-0.25, -0.2) is 4.79 Å². The minimum Gasteiger partial charge on any atom is -0.330 e. The zero-order chi connectivity index (χ0) is 13.0. The molecule has 1 heterocycles. The normalized spacial score (nSPS) is 13.9. The number of alkyl halides is 1. The molecule has 0 fully saturated rings. The number of hydrogen-bond acceptors (Lipinski definition) is 3. The molecule has 1 aromatic rings. The molecule has 2 atom stereocenters. The second-order valence-electron chi connectivity index (χ2n) is 3.44. The third-order valence-electron chi connectivity index (χ3n) is 1.97. The first kappa shape index (κ1) is 14.3. The number of imide groups is 1. The highest BCUT2D eigenvalue weighted by Crippen LogP contribution is 2.26. The predicted molar refractivity (Wildman–Crippen MR) is 69.7 cm³/mol. The molecule has 0 saturated carbocycles.